The van der Waals surface area contributed by atoms with Gasteiger partial charge in [0.2, 0.25) is 5.91 Å². The van der Waals surface area contributed by atoms with Crippen LogP contribution in [0.1, 0.15) is 32.3 Å². The normalized spacial score (nSPS) is 14.2. The van der Waals surface area contributed by atoms with Crippen molar-refractivity contribution in [1.82, 2.24) is 15.3 Å². The summed E-state index contributed by atoms with van der Waals surface area (Å²) in [6.07, 6.45) is 4.14. The minimum absolute atomic E-state index is 0.114. The quantitative estimate of drug-likeness (QED) is 0.586. The number of aromatic nitrogens is 2. The molecule has 9 heteroatoms. The summed E-state index contributed by atoms with van der Waals surface area (Å²) in [4.78, 5) is 23.2. The summed E-state index contributed by atoms with van der Waals surface area (Å²) in [5.41, 5.74) is 0.772. The van der Waals surface area contributed by atoms with E-state index >= 15 is 0 Å². The van der Waals surface area contributed by atoms with Crippen molar-refractivity contribution in [3.63, 3.8) is 0 Å². The van der Waals surface area contributed by atoms with Crippen LogP contribution in [-0.4, -0.2) is 55.7 Å². The molecule has 8 nitrogen and oxygen atoms in total. The first-order valence-corrected chi connectivity index (χ1v) is 11.8. The number of sulfone groups is 1. The second kappa shape index (κ2) is 9.88. The highest BCUT2D eigenvalue weighted by Crippen LogP contribution is 2.19. The molecule has 1 aromatic heterocycles. The third-order valence-electron chi connectivity index (χ3n) is 5.07. The van der Waals surface area contributed by atoms with Crippen LogP contribution in [0.25, 0.3) is 0 Å². The lowest BCUT2D eigenvalue weighted by Crippen LogP contribution is -2.30. The molecule has 0 bridgehead atoms. The molecule has 0 unspecified atom stereocenters. The van der Waals surface area contributed by atoms with E-state index in [1.54, 1.807) is 44.4 Å². The molecular weight excluding hydrogens is 402 g/mol. The van der Waals surface area contributed by atoms with Gasteiger partial charge in [0, 0.05) is 32.2 Å². The number of amides is 1. The molecule has 0 saturated carbocycles. The van der Waals surface area contributed by atoms with Crippen LogP contribution in [0.2, 0.25) is 0 Å². The van der Waals surface area contributed by atoms with Crippen LogP contribution in [-0.2, 0) is 21.1 Å². The van der Waals surface area contributed by atoms with Crippen LogP contribution in [0.3, 0.4) is 0 Å². The van der Waals surface area contributed by atoms with E-state index in [0.717, 1.165) is 30.3 Å². The smallest absolute Gasteiger partial charge is 0.224 e. The van der Waals surface area contributed by atoms with Crippen molar-refractivity contribution in [2.45, 2.75) is 43.3 Å². The Bertz CT molecular complexity index is 955. The monoisotopic (exact) mass is 431 g/mol. The first kappa shape index (κ1) is 22.0. The van der Waals surface area contributed by atoms with E-state index in [1.165, 1.54) is 12.8 Å². The Morgan fingerprint density at radius 3 is 2.47 bits per heavy atom. The zero-order valence-corrected chi connectivity index (χ0v) is 18.3. The zero-order valence-electron chi connectivity index (χ0n) is 17.5. The van der Waals surface area contributed by atoms with Gasteiger partial charge in [0.25, 0.3) is 0 Å². The number of benzene rings is 1. The summed E-state index contributed by atoms with van der Waals surface area (Å²) >= 11 is 0. The van der Waals surface area contributed by atoms with Gasteiger partial charge in [0.1, 0.15) is 18.0 Å². The molecule has 1 amide bonds. The Morgan fingerprint density at radius 1 is 1.10 bits per heavy atom. The third kappa shape index (κ3) is 5.69. The van der Waals surface area contributed by atoms with E-state index in [2.05, 4.69) is 25.5 Å². The number of carbonyl (C=O) groups is 1. The summed E-state index contributed by atoms with van der Waals surface area (Å²) in [6.45, 7) is 6.36. The summed E-state index contributed by atoms with van der Waals surface area (Å²) in [5.74, 6) is 1.55. The molecule has 0 spiro atoms. The van der Waals surface area contributed by atoms with Gasteiger partial charge in [-0.15, -0.1) is 0 Å². The van der Waals surface area contributed by atoms with E-state index in [1.807, 2.05) is 6.07 Å². The first-order valence-electron chi connectivity index (χ1n) is 10.3. The van der Waals surface area contributed by atoms with Gasteiger partial charge in [0.15, 0.2) is 9.84 Å². The van der Waals surface area contributed by atoms with Crippen LogP contribution < -0.4 is 15.5 Å². The van der Waals surface area contributed by atoms with E-state index < -0.39 is 15.1 Å². The predicted octanol–water partition coefficient (Wildman–Crippen LogP) is 2.03. The van der Waals surface area contributed by atoms with Crippen molar-refractivity contribution in [3.05, 3.63) is 42.2 Å². The van der Waals surface area contributed by atoms with Crippen molar-refractivity contribution in [1.29, 1.82) is 0 Å². The Hall–Kier alpha value is -2.68. The minimum atomic E-state index is -3.30. The highest BCUT2D eigenvalue weighted by atomic mass is 32.2. The van der Waals surface area contributed by atoms with E-state index in [9.17, 15) is 13.2 Å². The van der Waals surface area contributed by atoms with E-state index in [-0.39, 0.29) is 17.2 Å². The van der Waals surface area contributed by atoms with Crippen LogP contribution in [0.5, 0.6) is 0 Å². The second-order valence-corrected chi connectivity index (χ2v) is 10.2. The number of nitrogens with one attached hydrogen (secondary N) is 2. The molecule has 30 heavy (non-hydrogen) atoms. The molecule has 1 saturated heterocycles. The maximum absolute atomic E-state index is 12.2. The summed E-state index contributed by atoms with van der Waals surface area (Å²) in [7, 11) is -3.30. The Morgan fingerprint density at radius 2 is 1.80 bits per heavy atom. The lowest BCUT2D eigenvalue weighted by molar-refractivity contribution is -0.120. The number of hydrogen-bond donors (Lipinski definition) is 2. The average Bonchev–Trinajstić information content (AvgIpc) is 3.27. The summed E-state index contributed by atoms with van der Waals surface area (Å²) in [5, 5.41) is 5.59. The zero-order chi connectivity index (χ0) is 21.6. The van der Waals surface area contributed by atoms with Crippen molar-refractivity contribution in [2.24, 2.45) is 0 Å². The van der Waals surface area contributed by atoms with Crippen LogP contribution >= 0.6 is 0 Å². The highest BCUT2D eigenvalue weighted by Gasteiger charge is 2.19. The highest BCUT2D eigenvalue weighted by molar-refractivity contribution is 7.92. The molecule has 2 N–H and O–H groups in total. The van der Waals surface area contributed by atoms with Crippen LogP contribution in [0.15, 0.2) is 41.6 Å². The lowest BCUT2D eigenvalue weighted by Gasteiger charge is -2.16. The standard InChI is InChI=1S/C21H29N5O3S/c1-16(2)30(28,29)18-7-5-17(6-8-18)13-21(27)23-10-9-22-19-14-20(25-15-24-19)26-11-3-4-12-26/h5-8,14-16H,3-4,9-13H2,1-2H3,(H,23,27)(H,22,24,25). The Kier molecular flexibility index (Phi) is 7.25. The molecule has 1 fully saturated rings. The van der Waals surface area contributed by atoms with Gasteiger partial charge in [-0.2, -0.15) is 0 Å². The van der Waals surface area contributed by atoms with Crippen molar-refractivity contribution in [3.8, 4) is 0 Å². The first-order chi connectivity index (χ1) is 14.4. The largest absolute Gasteiger partial charge is 0.368 e. The molecule has 1 aliphatic rings. The fraction of sp³-hybridized carbons (Fsp3) is 0.476. The fourth-order valence-electron chi connectivity index (χ4n) is 3.27. The van der Waals surface area contributed by atoms with Crippen LogP contribution in [0.4, 0.5) is 11.6 Å². The Labute approximate surface area is 178 Å². The maximum atomic E-state index is 12.2. The average molecular weight is 432 g/mol. The molecule has 0 radical (unpaired) electrons. The van der Waals surface area contributed by atoms with Crippen molar-refractivity contribution < 1.29 is 13.2 Å². The predicted molar refractivity (Wildman–Crippen MR) is 117 cm³/mol. The topological polar surface area (TPSA) is 104 Å². The third-order valence-corrected chi connectivity index (χ3v) is 7.24. The molecule has 0 aliphatic carbocycles. The van der Waals surface area contributed by atoms with Gasteiger partial charge in [-0.05, 0) is 44.4 Å². The van der Waals surface area contributed by atoms with Gasteiger partial charge < -0.3 is 15.5 Å². The van der Waals surface area contributed by atoms with Crippen molar-refractivity contribution in [2.75, 3.05) is 36.4 Å². The van der Waals surface area contributed by atoms with Gasteiger partial charge in [-0.1, -0.05) is 12.1 Å². The number of nitrogens with zero attached hydrogens (tertiary/aromatic N) is 3. The molecule has 0 atom stereocenters. The molecule has 2 heterocycles. The number of anilines is 2. The SMILES string of the molecule is CC(C)S(=O)(=O)c1ccc(CC(=O)NCCNc2cc(N3CCCC3)ncn2)cc1. The van der Waals surface area contributed by atoms with Gasteiger partial charge in [-0.3, -0.25) is 4.79 Å². The Balaban J connectivity index is 1.42. The molecule has 1 aliphatic heterocycles. The van der Waals surface area contributed by atoms with Crippen molar-refractivity contribution >= 4 is 27.4 Å². The molecule has 3 rings (SSSR count). The van der Waals surface area contributed by atoms with E-state index in [4.69, 9.17) is 0 Å². The molecule has 162 valence electrons. The van der Waals surface area contributed by atoms with E-state index in [0.29, 0.717) is 13.1 Å². The molecule has 1 aromatic carbocycles. The fourth-order valence-corrected chi connectivity index (χ4v) is 4.33. The van der Waals surface area contributed by atoms with Gasteiger partial charge >= 0.3 is 0 Å². The van der Waals surface area contributed by atoms with Crippen LogP contribution in [0, 0.1) is 0 Å². The molecule has 2 aromatic rings. The number of rotatable bonds is 9. The lowest BCUT2D eigenvalue weighted by atomic mass is 10.1. The number of carbonyl (C=O) groups excluding carboxylic acids is 1. The maximum Gasteiger partial charge on any atom is 0.224 e. The minimum Gasteiger partial charge on any atom is -0.368 e. The summed E-state index contributed by atoms with van der Waals surface area (Å²) in [6, 6.07) is 8.43. The number of hydrogen-bond acceptors (Lipinski definition) is 7. The van der Waals surface area contributed by atoms with Gasteiger partial charge in [0.05, 0.1) is 16.6 Å². The van der Waals surface area contributed by atoms with Gasteiger partial charge in [-0.25, -0.2) is 18.4 Å². The summed E-state index contributed by atoms with van der Waals surface area (Å²) < 4.78 is 24.3. The molecular formula is C21H29N5O3S. The second-order valence-electron chi connectivity index (χ2n) is 7.65.